The van der Waals surface area contributed by atoms with E-state index in [1.54, 1.807) is 23.3 Å². The molecule has 2 amide bonds. The van der Waals surface area contributed by atoms with Gasteiger partial charge in [-0.1, -0.05) is 18.2 Å². The molecule has 1 unspecified atom stereocenters. The van der Waals surface area contributed by atoms with Crippen molar-refractivity contribution in [1.29, 1.82) is 0 Å². The zero-order chi connectivity index (χ0) is 22.2. The van der Waals surface area contributed by atoms with Gasteiger partial charge < -0.3 is 20.7 Å². The van der Waals surface area contributed by atoms with Crippen molar-refractivity contribution in [1.82, 2.24) is 15.1 Å². The molecule has 31 heavy (non-hydrogen) atoms. The Hall–Kier alpha value is -2.42. The van der Waals surface area contributed by atoms with E-state index >= 15 is 0 Å². The molecule has 7 nitrogen and oxygen atoms in total. The van der Waals surface area contributed by atoms with Crippen molar-refractivity contribution in [3.8, 4) is 5.75 Å². The van der Waals surface area contributed by atoms with Crippen LogP contribution in [0.1, 0.15) is 30.2 Å². The minimum Gasteiger partial charge on any atom is -0.497 e. The molecule has 0 bridgehead atoms. The number of nitrogens with zero attached hydrogens (tertiary/aromatic N) is 2. The number of thiophene rings is 1. The van der Waals surface area contributed by atoms with E-state index in [0.29, 0.717) is 26.1 Å². The van der Waals surface area contributed by atoms with Crippen LogP contribution in [0.2, 0.25) is 0 Å². The first kappa shape index (κ1) is 23.2. The van der Waals surface area contributed by atoms with Crippen molar-refractivity contribution in [2.45, 2.75) is 44.9 Å². The number of methoxy groups -OCH3 is 1. The molecule has 2 heterocycles. The van der Waals surface area contributed by atoms with E-state index in [1.807, 2.05) is 12.1 Å². The molecule has 0 radical (unpaired) electrons. The predicted molar refractivity (Wildman–Crippen MR) is 123 cm³/mol. The standard InChI is InChI=1S/C23H32N4O3S/c1-17(28)27-12-9-19(14-22(27)23(29)25-11-10-24)26(16-21-4-3-13-31-21)15-18-5-7-20(30-2)8-6-18/h3-8,13,19,22H,9-12,14-16,24H2,1-2H3,(H,25,29)/t19?,22-/m1/s1. The van der Waals surface area contributed by atoms with Gasteiger partial charge in [0.05, 0.1) is 7.11 Å². The fraction of sp³-hybridized carbons (Fsp3) is 0.478. The summed E-state index contributed by atoms with van der Waals surface area (Å²) in [6.07, 6.45) is 1.44. The van der Waals surface area contributed by atoms with E-state index in [2.05, 4.69) is 39.9 Å². The van der Waals surface area contributed by atoms with Crippen molar-refractivity contribution in [2.75, 3.05) is 26.7 Å². The summed E-state index contributed by atoms with van der Waals surface area (Å²) in [5.74, 6) is 0.650. The average Bonchev–Trinajstić information content (AvgIpc) is 3.30. The Bertz CT molecular complexity index is 841. The largest absolute Gasteiger partial charge is 0.497 e. The lowest BCUT2D eigenvalue weighted by molar-refractivity contribution is -0.142. The number of rotatable bonds is 9. The van der Waals surface area contributed by atoms with Crippen LogP contribution in [0.5, 0.6) is 5.75 Å². The molecule has 1 saturated heterocycles. The van der Waals surface area contributed by atoms with Gasteiger partial charge in [0.2, 0.25) is 11.8 Å². The summed E-state index contributed by atoms with van der Waals surface area (Å²) in [4.78, 5) is 30.4. The summed E-state index contributed by atoms with van der Waals surface area (Å²) in [6.45, 7) is 4.48. The first-order valence-electron chi connectivity index (χ1n) is 10.7. The molecule has 8 heteroatoms. The second-order valence-corrected chi connectivity index (χ2v) is 8.85. The molecule has 2 atom stereocenters. The van der Waals surface area contributed by atoms with Crippen LogP contribution in [0.3, 0.4) is 0 Å². The third-order valence-corrected chi connectivity index (χ3v) is 6.59. The maximum Gasteiger partial charge on any atom is 0.242 e. The topological polar surface area (TPSA) is 87.9 Å². The highest BCUT2D eigenvalue weighted by atomic mass is 32.1. The number of amides is 2. The van der Waals surface area contributed by atoms with Crippen LogP contribution in [-0.4, -0.2) is 60.4 Å². The highest BCUT2D eigenvalue weighted by molar-refractivity contribution is 7.09. The molecule has 1 fully saturated rings. The van der Waals surface area contributed by atoms with Gasteiger partial charge in [0.15, 0.2) is 0 Å². The van der Waals surface area contributed by atoms with Crippen LogP contribution in [0.4, 0.5) is 0 Å². The number of likely N-dealkylation sites (tertiary alicyclic amines) is 1. The van der Waals surface area contributed by atoms with Gasteiger partial charge in [-0.25, -0.2) is 0 Å². The smallest absolute Gasteiger partial charge is 0.242 e. The number of benzene rings is 1. The number of ether oxygens (including phenoxy) is 1. The Labute approximate surface area is 188 Å². The summed E-state index contributed by atoms with van der Waals surface area (Å²) in [7, 11) is 1.66. The number of carbonyl (C=O) groups excluding carboxylic acids is 2. The quantitative estimate of drug-likeness (QED) is 0.619. The van der Waals surface area contributed by atoms with Crippen LogP contribution >= 0.6 is 11.3 Å². The molecule has 3 N–H and O–H groups in total. The fourth-order valence-corrected chi connectivity index (χ4v) is 4.83. The highest BCUT2D eigenvalue weighted by Gasteiger charge is 2.37. The molecule has 2 aromatic rings. The molecule has 1 aliphatic heterocycles. The van der Waals surface area contributed by atoms with E-state index in [9.17, 15) is 9.59 Å². The van der Waals surface area contributed by atoms with Crippen molar-refractivity contribution >= 4 is 23.2 Å². The lowest BCUT2D eigenvalue weighted by Crippen LogP contribution is -2.57. The molecule has 0 spiro atoms. The summed E-state index contributed by atoms with van der Waals surface area (Å²) in [5, 5.41) is 4.95. The molecule has 0 aliphatic carbocycles. The second kappa shape index (κ2) is 11.3. The molecular formula is C23H32N4O3S. The van der Waals surface area contributed by atoms with E-state index in [0.717, 1.165) is 25.3 Å². The third-order valence-electron chi connectivity index (χ3n) is 5.73. The lowest BCUT2D eigenvalue weighted by atomic mass is 9.94. The Morgan fingerprint density at radius 2 is 2.03 bits per heavy atom. The lowest BCUT2D eigenvalue weighted by Gasteiger charge is -2.42. The summed E-state index contributed by atoms with van der Waals surface area (Å²) in [6, 6.07) is 12.0. The number of nitrogens with one attached hydrogen (secondary N) is 1. The van der Waals surface area contributed by atoms with Gasteiger partial charge in [-0.05, 0) is 42.0 Å². The minimum atomic E-state index is -0.468. The SMILES string of the molecule is COc1ccc(CN(Cc2cccs2)C2CCN(C(C)=O)[C@@H](C(=O)NCCN)C2)cc1. The van der Waals surface area contributed by atoms with Gasteiger partial charge >= 0.3 is 0 Å². The minimum absolute atomic E-state index is 0.0636. The second-order valence-electron chi connectivity index (χ2n) is 7.82. The predicted octanol–water partition coefficient (Wildman–Crippen LogP) is 2.21. The van der Waals surface area contributed by atoms with Crippen LogP contribution in [0, 0.1) is 0 Å². The Balaban J connectivity index is 1.79. The maximum atomic E-state index is 12.8. The average molecular weight is 445 g/mol. The third kappa shape index (κ3) is 6.29. The molecule has 0 saturated carbocycles. The summed E-state index contributed by atoms with van der Waals surface area (Å²) >= 11 is 1.74. The molecule has 3 rings (SSSR count). The Morgan fingerprint density at radius 3 is 2.65 bits per heavy atom. The molecule has 1 aliphatic rings. The van der Waals surface area contributed by atoms with E-state index in [4.69, 9.17) is 10.5 Å². The molecular weight excluding hydrogens is 412 g/mol. The van der Waals surface area contributed by atoms with E-state index in [1.165, 1.54) is 17.4 Å². The fourth-order valence-electron chi connectivity index (χ4n) is 4.10. The molecule has 168 valence electrons. The zero-order valence-corrected chi connectivity index (χ0v) is 19.1. The first-order valence-corrected chi connectivity index (χ1v) is 11.5. The van der Waals surface area contributed by atoms with Crippen LogP contribution in [0.15, 0.2) is 41.8 Å². The van der Waals surface area contributed by atoms with Gasteiger partial charge in [-0.2, -0.15) is 0 Å². The van der Waals surface area contributed by atoms with Crippen molar-refractivity contribution < 1.29 is 14.3 Å². The Morgan fingerprint density at radius 1 is 1.26 bits per heavy atom. The molecule has 1 aromatic carbocycles. The monoisotopic (exact) mass is 444 g/mol. The normalized spacial score (nSPS) is 18.8. The van der Waals surface area contributed by atoms with Gasteiger partial charge in [0, 0.05) is 50.6 Å². The van der Waals surface area contributed by atoms with Gasteiger partial charge in [0.25, 0.3) is 0 Å². The van der Waals surface area contributed by atoms with Crippen LogP contribution in [-0.2, 0) is 22.7 Å². The van der Waals surface area contributed by atoms with Crippen molar-refractivity contribution in [3.63, 3.8) is 0 Å². The van der Waals surface area contributed by atoms with Crippen molar-refractivity contribution in [2.24, 2.45) is 5.73 Å². The van der Waals surface area contributed by atoms with Gasteiger partial charge in [-0.3, -0.25) is 14.5 Å². The number of hydrogen-bond acceptors (Lipinski definition) is 6. The number of hydrogen-bond donors (Lipinski definition) is 2. The van der Waals surface area contributed by atoms with E-state index < -0.39 is 6.04 Å². The Kier molecular flexibility index (Phi) is 8.45. The van der Waals surface area contributed by atoms with E-state index in [-0.39, 0.29) is 17.9 Å². The first-order chi connectivity index (χ1) is 15.0. The summed E-state index contributed by atoms with van der Waals surface area (Å²) < 4.78 is 5.28. The van der Waals surface area contributed by atoms with Crippen LogP contribution in [0.25, 0.3) is 0 Å². The number of carbonyl (C=O) groups is 2. The molecule has 1 aromatic heterocycles. The maximum absolute atomic E-state index is 12.8. The summed E-state index contributed by atoms with van der Waals surface area (Å²) in [5.41, 5.74) is 6.74. The number of piperidine rings is 1. The number of nitrogens with two attached hydrogens (primary N) is 1. The van der Waals surface area contributed by atoms with Crippen molar-refractivity contribution in [3.05, 3.63) is 52.2 Å². The highest BCUT2D eigenvalue weighted by Crippen LogP contribution is 2.27. The van der Waals surface area contributed by atoms with Crippen LogP contribution < -0.4 is 15.8 Å². The van der Waals surface area contributed by atoms with Gasteiger partial charge in [0.1, 0.15) is 11.8 Å². The zero-order valence-electron chi connectivity index (χ0n) is 18.3. The van der Waals surface area contributed by atoms with Gasteiger partial charge in [-0.15, -0.1) is 11.3 Å².